The zero-order valence-corrected chi connectivity index (χ0v) is 20.9. The second-order valence-electron chi connectivity index (χ2n) is 7.12. The largest absolute Gasteiger partial charge is 0.506 e. The number of hydrogen-bond donors (Lipinski definition) is 3. The number of nitrogens with zero attached hydrogens (tertiary/aromatic N) is 2. The molecule has 3 aromatic rings. The molecule has 1 aromatic heterocycles. The molecule has 0 amide bonds. The maximum Gasteiger partial charge on any atom is 0.244 e. The van der Waals surface area contributed by atoms with E-state index in [2.05, 4.69) is 48.1 Å². The van der Waals surface area contributed by atoms with Crippen LogP contribution >= 0.6 is 31.9 Å². The average Bonchev–Trinajstić information content (AvgIpc) is 3.23. The highest BCUT2D eigenvalue weighted by Gasteiger charge is 2.41. The molecule has 33 heavy (non-hydrogen) atoms. The van der Waals surface area contributed by atoms with Crippen molar-refractivity contribution in [3.63, 3.8) is 0 Å². The first-order valence-electron chi connectivity index (χ1n) is 9.57. The maximum atomic E-state index is 10.2. The molecular weight excluding hydrogens is 560 g/mol. The van der Waals surface area contributed by atoms with Gasteiger partial charge in [0.15, 0.2) is 11.5 Å². The van der Waals surface area contributed by atoms with Crippen LogP contribution in [0.1, 0.15) is 17.0 Å². The van der Waals surface area contributed by atoms with Crippen molar-refractivity contribution >= 4 is 37.8 Å². The molecule has 1 aliphatic heterocycles. The van der Waals surface area contributed by atoms with Gasteiger partial charge >= 0.3 is 0 Å². The number of fused-ring (bicyclic) bond motifs is 1. The van der Waals surface area contributed by atoms with Gasteiger partial charge in [-0.15, -0.1) is 5.10 Å². The van der Waals surface area contributed by atoms with E-state index in [1.54, 1.807) is 24.3 Å². The van der Waals surface area contributed by atoms with Gasteiger partial charge in [-0.25, -0.2) is 0 Å². The molecule has 2 atom stereocenters. The average molecular weight is 578 g/mol. The van der Waals surface area contributed by atoms with E-state index in [1.807, 2.05) is 0 Å². The Balaban J connectivity index is 1.98. The van der Waals surface area contributed by atoms with Crippen LogP contribution in [0.2, 0.25) is 0 Å². The molecule has 0 fully saturated rings. The smallest absolute Gasteiger partial charge is 0.244 e. The molecule has 0 bridgehead atoms. The first-order chi connectivity index (χ1) is 15.8. The molecule has 0 saturated heterocycles. The van der Waals surface area contributed by atoms with E-state index in [4.69, 9.17) is 24.4 Å². The van der Waals surface area contributed by atoms with E-state index < -0.39 is 11.8 Å². The summed E-state index contributed by atoms with van der Waals surface area (Å²) in [4.78, 5) is 0. The van der Waals surface area contributed by atoms with Gasteiger partial charge in [0.05, 0.1) is 47.6 Å². The first-order valence-corrected chi connectivity index (χ1v) is 11.2. The summed E-state index contributed by atoms with van der Waals surface area (Å²) in [6.07, 6.45) is 0. The molecule has 0 aliphatic carbocycles. The minimum atomic E-state index is -0.917. The van der Waals surface area contributed by atoms with Crippen molar-refractivity contribution in [1.82, 2.24) is 10.2 Å². The Morgan fingerprint density at radius 1 is 1.09 bits per heavy atom. The van der Waals surface area contributed by atoms with E-state index in [1.165, 1.54) is 21.3 Å². The van der Waals surface area contributed by atoms with Crippen LogP contribution in [0.5, 0.6) is 28.9 Å². The van der Waals surface area contributed by atoms with Crippen LogP contribution in [0, 0.1) is 22.7 Å². The number of rotatable bonds is 5. The highest BCUT2D eigenvalue weighted by atomic mass is 79.9. The maximum absolute atomic E-state index is 10.2. The van der Waals surface area contributed by atoms with Crippen LogP contribution < -0.4 is 18.9 Å². The number of aromatic hydroxyl groups is 1. The SMILES string of the molecule is COc1cc(-c2[nH]nc3c2C(c2cc(Br)c(O)c(Br)c2)C(C#N)C(=N)O3)cc(OC)c1OC. The number of nitrogens with one attached hydrogen (secondary N) is 2. The van der Waals surface area contributed by atoms with Crippen molar-refractivity contribution in [3.8, 4) is 46.2 Å². The topological polar surface area (TPSA) is 133 Å². The van der Waals surface area contributed by atoms with Crippen LogP contribution in [-0.4, -0.2) is 42.5 Å². The highest BCUT2D eigenvalue weighted by molar-refractivity contribution is 9.11. The van der Waals surface area contributed by atoms with Gasteiger partial charge in [0.25, 0.3) is 0 Å². The van der Waals surface area contributed by atoms with E-state index in [-0.39, 0.29) is 17.5 Å². The molecular formula is C22H18Br2N4O5. The summed E-state index contributed by atoms with van der Waals surface area (Å²) >= 11 is 6.70. The monoisotopic (exact) mass is 576 g/mol. The van der Waals surface area contributed by atoms with Gasteiger partial charge in [-0.05, 0) is 61.7 Å². The summed E-state index contributed by atoms with van der Waals surface area (Å²) in [6.45, 7) is 0. The highest BCUT2D eigenvalue weighted by Crippen LogP contribution is 2.49. The Kier molecular flexibility index (Phi) is 6.23. The molecule has 2 aromatic carbocycles. The molecule has 4 rings (SSSR count). The third-order valence-corrected chi connectivity index (χ3v) is 6.60. The number of halogens is 2. The molecule has 0 saturated carbocycles. The molecule has 0 spiro atoms. The lowest BCUT2D eigenvalue weighted by Crippen LogP contribution is -2.30. The van der Waals surface area contributed by atoms with Crippen molar-refractivity contribution in [3.05, 3.63) is 44.3 Å². The van der Waals surface area contributed by atoms with Gasteiger partial charge in [0.2, 0.25) is 17.5 Å². The second-order valence-corrected chi connectivity index (χ2v) is 8.82. The minimum Gasteiger partial charge on any atom is -0.506 e. The molecule has 170 valence electrons. The molecule has 1 aliphatic rings. The predicted octanol–water partition coefficient (Wildman–Crippen LogP) is 4.97. The Morgan fingerprint density at radius 3 is 2.21 bits per heavy atom. The van der Waals surface area contributed by atoms with Crippen molar-refractivity contribution < 1.29 is 24.1 Å². The van der Waals surface area contributed by atoms with E-state index in [9.17, 15) is 10.4 Å². The Bertz CT molecular complexity index is 1250. The van der Waals surface area contributed by atoms with Crippen LogP contribution in [-0.2, 0) is 0 Å². The van der Waals surface area contributed by atoms with Crippen LogP contribution in [0.25, 0.3) is 11.3 Å². The lowest BCUT2D eigenvalue weighted by Gasteiger charge is -2.28. The number of nitriles is 1. The van der Waals surface area contributed by atoms with E-state index in [0.29, 0.717) is 48.6 Å². The zero-order valence-electron chi connectivity index (χ0n) is 17.7. The fourth-order valence-corrected chi connectivity index (χ4v) is 5.11. The Morgan fingerprint density at radius 2 is 1.70 bits per heavy atom. The predicted molar refractivity (Wildman–Crippen MR) is 126 cm³/mol. The third-order valence-electron chi connectivity index (χ3n) is 5.39. The molecule has 2 unspecified atom stereocenters. The van der Waals surface area contributed by atoms with Gasteiger partial charge in [0, 0.05) is 11.5 Å². The summed E-state index contributed by atoms with van der Waals surface area (Å²) in [6, 6.07) is 9.12. The molecule has 9 nitrogen and oxygen atoms in total. The second kappa shape index (κ2) is 8.96. The van der Waals surface area contributed by atoms with Crippen molar-refractivity contribution in [2.24, 2.45) is 5.92 Å². The number of aromatic nitrogens is 2. The lowest BCUT2D eigenvalue weighted by atomic mass is 9.79. The molecule has 11 heteroatoms. The summed E-state index contributed by atoms with van der Waals surface area (Å²) in [5, 5.41) is 35.6. The summed E-state index contributed by atoms with van der Waals surface area (Å²) < 4.78 is 22.9. The zero-order chi connectivity index (χ0) is 23.9. The molecule has 0 radical (unpaired) electrons. The quantitative estimate of drug-likeness (QED) is 0.389. The van der Waals surface area contributed by atoms with Crippen LogP contribution in [0.3, 0.4) is 0 Å². The Labute approximate surface area is 206 Å². The third kappa shape index (κ3) is 3.79. The standard InChI is InChI=1S/C22H18Br2N4O5/c1-30-14-6-10(7-15(31-2)20(14)32-3)18-17-16(9-4-12(23)19(29)13(24)5-9)11(8-25)21(26)33-22(17)28-27-18/h4-7,11,16,26,29H,1-3H3,(H,27,28). The van der Waals surface area contributed by atoms with Crippen molar-refractivity contribution in [2.75, 3.05) is 21.3 Å². The van der Waals surface area contributed by atoms with Crippen LogP contribution in [0.15, 0.2) is 33.2 Å². The van der Waals surface area contributed by atoms with Gasteiger partial charge in [-0.3, -0.25) is 10.5 Å². The number of benzene rings is 2. The van der Waals surface area contributed by atoms with Crippen molar-refractivity contribution in [2.45, 2.75) is 5.92 Å². The lowest BCUT2D eigenvalue weighted by molar-refractivity contribution is 0.324. The molecule has 3 N–H and O–H groups in total. The van der Waals surface area contributed by atoms with Crippen LogP contribution in [0.4, 0.5) is 0 Å². The molecule has 2 heterocycles. The number of phenols is 1. The van der Waals surface area contributed by atoms with E-state index in [0.717, 1.165) is 0 Å². The first kappa shape index (κ1) is 22.9. The number of ether oxygens (including phenoxy) is 4. The summed E-state index contributed by atoms with van der Waals surface area (Å²) in [7, 11) is 4.56. The summed E-state index contributed by atoms with van der Waals surface area (Å²) in [5.74, 6) is -0.170. The normalized spacial score (nSPS) is 17.0. The van der Waals surface area contributed by atoms with Gasteiger partial charge in [0.1, 0.15) is 11.7 Å². The van der Waals surface area contributed by atoms with Gasteiger partial charge in [-0.2, -0.15) is 5.26 Å². The fourth-order valence-electron chi connectivity index (χ4n) is 3.89. The van der Waals surface area contributed by atoms with Gasteiger partial charge in [-0.1, -0.05) is 0 Å². The van der Waals surface area contributed by atoms with E-state index >= 15 is 0 Å². The number of methoxy groups -OCH3 is 3. The fraction of sp³-hybridized carbons (Fsp3) is 0.227. The minimum absolute atomic E-state index is 0.0339. The van der Waals surface area contributed by atoms with Gasteiger partial charge < -0.3 is 24.1 Å². The number of phenolic OH excluding ortho intramolecular Hbond substituents is 1. The summed E-state index contributed by atoms with van der Waals surface area (Å²) in [5.41, 5.74) is 2.51. The number of H-pyrrole nitrogens is 1. The van der Waals surface area contributed by atoms with Crippen molar-refractivity contribution in [1.29, 1.82) is 10.7 Å². The Hall–Kier alpha value is -3.23. The number of aromatic amines is 1. The number of hydrogen-bond acceptors (Lipinski definition) is 8.